The average Bonchev–Trinajstić information content (AvgIpc) is 2.50. The number of hydrogen-bond donors (Lipinski definition) is 2. The molecule has 0 aromatic heterocycles. The predicted octanol–water partition coefficient (Wildman–Crippen LogP) is 2.79. The number of fused-ring (bicyclic) bond motifs is 1. The SMILES string of the molecule is CC1NCc2ccc(OCc3ccccc3)cc2C1O. The first-order valence-corrected chi connectivity index (χ1v) is 6.95. The van der Waals surface area contributed by atoms with Crippen LogP contribution in [0.15, 0.2) is 48.5 Å². The Hall–Kier alpha value is -1.84. The molecule has 0 saturated carbocycles. The lowest BCUT2D eigenvalue weighted by Gasteiger charge is -2.29. The molecule has 2 aromatic rings. The van der Waals surface area contributed by atoms with Gasteiger partial charge >= 0.3 is 0 Å². The van der Waals surface area contributed by atoms with E-state index >= 15 is 0 Å². The summed E-state index contributed by atoms with van der Waals surface area (Å²) < 4.78 is 5.81. The zero-order valence-electron chi connectivity index (χ0n) is 11.5. The monoisotopic (exact) mass is 269 g/mol. The van der Waals surface area contributed by atoms with E-state index in [1.54, 1.807) is 0 Å². The van der Waals surface area contributed by atoms with Crippen LogP contribution in [0.3, 0.4) is 0 Å². The van der Waals surface area contributed by atoms with E-state index in [1.165, 1.54) is 0 Å². The van der Waals surface area contributed by atoms with Gasteiger partial charge in [0, 0.05) is 12.6 Å². The fraction of sp³-hybridized carbons (Fsp3) is 0.294. The molecule has 0 fully saturated rings. The lowest BCUT2D eigenvalue weighted by Crippen LogP contribution is -2.36. The van der Waals surface area contributed by atoms with E-state index in [0.717, 1.165) is 29.0 Å². The normalized spacial score (nSPS) is 21.3. The molecule has 0 aliphatic carbocycles. The van der Waals surface area contributed by atoms with Crippen LogP contribution in [-0.4, -0.2) is 11.1 Å². The minimum Gasteiger partial charge on any atom is -0.489 e. The van der Waals surface area contributed by atoms with Crippen molar-refractivity contribution in [2.75, 3.05) is 0 Å². The second kappa shape index (κ2) is 5.65. The van der Waals surface area contributed by atoms with Gasteiger partial charge in [0.2, 0.25) is 0 Å². The number of hydrogen-bond acceptors (Lipinski definition) is 3. The van der Waals surface area contributed by atoms with Crippen LogP contribution in [0.2, 0.25) is 0 Å². The minimum atomic E-state index is -0.473. The summed E-state index contributed by atoms with van der Waals surface area (Å²) in [6.45, 7) is 3.33. The Balaban J connectivity index is 1.75. The topological polar surface area (TPSA) is 41.5 Å². The van der Waals surface area contributed by atoms with Gasteiger partial charge in [0.1, 0.15) is 12.4 Å². The Labute approximate surface area is 119 Å². The average molecular weight is 269 g/mol. The van der Waals surface area contributed by atoms with Gasteiger partial charge in [-0.05, 0) is 35.7 Å². The summed E-state index contributed by atoms with van der Waals surface area (Å²) in [5.74, 6) is 0.806. The van der Waals surface area contributed by atoms with Crippen molar-refractivity contribution >= 4 is 0 Å². The van der Waals surface area contributed by atoms with E-state index in [2.05, 4.69) is 5.32 Å². The summed E-state index contributed by atoms with van der Waals surface area (Å²) in [5.41, 5.74) is 3.25. The van der Waals surface area contributed by atoms with E-state index in [4.69, 9.17) is 4.74 Å². The van der Waals surface area contributed by atoms with Gasteiger partial charge in [0.15, 0.2) is 0 Å². The van der Waals surface area contributed by atoms with Crippen LogP contribution in [0.4, 0.5) is 0 Å². The second-order valence-electron chi connectivity index (χ2n) is 5.25. The van der Waals surface area contributed by atoms with Crippen LogP contribution in [0, 0.1) is 0 Å². The largest absolute Gasteiger partial charge is 0.489 e. The molecule has 1 aliphatic heterocycles. The molecule has 0 bridgehead atoms. The molecule has 3 nitrogen and oxygen atoms in total. The van der Waals surface area contributed by atoms with Gasteiger partial charge in [0.05, 0.1) is 6.10 Å². The lowest BCUT2D eigenvalue weighted by molar-refractivity contribution is 0.124. The first-order valence-electron chi connectivity index (χ1n) is 6.95. The Morgan fingerprint density at radius 3 is 2.80 bits per heavy atom. The van der Waals surface area contributed by atoms with Gasteiger partial charge in [-0.3, -0.25) is 0 Å². The third-order valence-electron chi connectivity index (χ3n) is 3.77. The number of benzene rings is 2. The number of ether oxygens (including phenoxy) is 1. The first-order chi connectivity index (χ1) is 9.74. The molecule has 2 unspecified atom stereocenters. The van der Waals surface area contributed by atoms with Crippen molar-refractivity contribution in [1.82, 2.24) is 5.32 Å². The van der Waals surface area contributed by atoms with Crippen molar-refractivity contribution in [2.45, 2.75) is 32.2 Å². The third-order valence-corrected chi connectivity index (χ3v) is 3.77. The molecule has 104 valence electrons. The Kier molecular flexibility index (Phi) is 3.72. The molecule has 0 radical (unpaired) electrons. The van der Waals surface area contributed by atoms with E-state index in [9.17, 15) is 5.11 Å². The zero-order valence-corrected chi connectivity index (χ0v) is 11.5. The van der Waals surface area contributed by atoms with Gasteiger partial charge in [0.25, 0.3) is 0 Å². The van der Waals surface area contributed by atoms with Crippen molar-refractivity contribution in [3.63, 3.8) is 0 Å². The molecule has 0 amide bonds. The predicted molar refractivity (Wildman–Crippen MR) is 78.5 cm³/mol. The molecule has 1 heterocycles. The van der Waals surface area contributed by atoms with Gasteiger partial charge in [-0.15, -0.1) is 0 Å². The lowest BCUT2D eigenvalue weighted by atomic mass is 9.93. The summed E-state index contributed by atoms with van der Waals surface area (Å²) in [5, 5.41) is 13.5. The highest BCUT2D eigenvalue weighted by Crippen LogP contribution is 2.29. The fourth-order valence-corrected chi connectivity index (χ4v) is 2.49. The fourth-order valence-electron chi connectivity index (χ4n) is 2.49. The van der Waals surface area contributed by atoms with Crippen LogP contribution < -0.4 is 10.1 Å². The Morgan fingerprint density at radius 1 is 1.20 bits per heavy atom. The third kappa shape index (κ3) is 2.69. The van der Waals surface area contributed by atoms with Gasteiger partial charge < -0.3 is 15.2 Å². The summed E-state index contributed by atoms with van der Waals surface area (Å²) in [6.07, 6.45) is -0.473. The molecule has 0 spiro atoms. The Morgan fingerprint density at radius 2 is 2.00 bits per heavy atom. The zero-order chi connectivity index (χ0) is 13.9. The first kappa shape index (κ1) is 13.2. The number of aliphatic hydroxyl groups excluding tert-OH is 1. The maximum atomic E-state index is 10.2. The molecular formula is C17H19NO2. The van der Waals surface area contributed by atoms with E-state index < -0.39 is 6.10 Å². The number of aliphatic hydroxyl groups is 1. The quantitative estimate of drug-likeness (QED) is 0.900. The molecule has 3 heteroatoms. The molecule has 2 aromatic carbocycles. The van der Waals surface area contributed by atoms with E-state index in [0.29, 0.717) is 6.61 Å². The Bertz CT molecular complexity index is 583. The van der Waals surface area contributed by atoms with Crippen molar-refractivity contribution in [2.24, 2.45) is 0 Å². The summed E-state index contributed by atoms with van der Waals surface area (Å²) in [7, 11) is 0. The highest BCUT2D eigenvalue weighted by atomic mass is 16.5. The molecule has 3 rings (SSSR count). The molecule has 20 heavy (non-hydrogen) atoms. The van der Waals surface area contributed by atoms with E-state index in [-0.39, 0.29) is 6.04 Å². The van der Waals surface area contributed by atoms with Crippen LogP contribution in [0.1, 0.15) is 29.7 Å². The summed E-state index contributed by atoms with van der Waals surface area (Å²) in [4.78, 5) is 0. The smallest absolute Gasteiger partial charge is 0.120 e. The van der Waals surface area contributed by atoms with Crippen molar-refractivity contribution in [1.29, 1.82) is 0 Å². The van der Waals surface area contributed by atoms with Gasteiger partial charge in [-0.1, -0.05) is 36.4 Å². The van der Waals surface area contributed by atoms with Gasteiger partial charge in [-0.25, -0.2) is 0 Å². The van der Waals surface area contributed by atoms with Crippen molar-refractivity contribution in [3.05, 3.63) is 65.2 Å². The maximum absolute atomic E-state index is 10.2. The van der Waals surface area contributed by atoms with Gasteiger partial charge in [-0.2, -0.15) is 0 Å². The van der Waals surface area contributed by atoms with E-state index in [1.807, 2.05) is 55.5 Å². The molecule has 2 N–H and O–H groups in total. The highest BCUT2D eigenvalue weighted by Gasteiger charge is 2.24. The highest BCUT2D eigenvalue weighted by molar-refractivity contribution is 5.39. The molecule has 1 aliphatic rings. The number of nitrogens with one attached hydrogen (secondary N) is 1. The van der Waals surface area contributed by atoms with Crippen LogP contribution >= 0.6 is 0 Å². The van der Waals surface area contributed by atoms with Crippen LogP contribution in [0.5, 0.6) is 5.75 Å². The van der Waals surface area contributed by atoms with Crippen molar-refractivity contribution in [3.8, 4) is 5.75 Å². The summed E-state index contributed by atoms with van der Waals surface area (Å²) >= 11 is 0. The van der Waals surface area contributed by atoms with Crippen molar-refractivity contribution < 1.29 is 9.84 Å². The standard InChI is InChI=1S/C17H19NO2/c1-12-17(19)16-9-15(8-7-14(16)10-18-12)20-11-13-5-3-2-4-6-13/h2-9,12,17-19H,10-11H2,1H3. The molecular weight excluding hydrogens is 250 g/mol. The van der Waals surface area contributed by atoms with Crippen LogP contribution in [0.25, 0.3) is 0 Å². The summed E-state index contributed by atoms with van der Waals surface area (Å²) in [6, 6.07) is 16.1. The molecule has 0 saturated heterocycles. The maximum Gasteiger partial charge on any atom is 0.120 e. The van der Waals surface area contributed by atoms with Crippen LogP contribution in [-0.2, 0) is 13.2 Å². The second-order valence-corrected chi connectivity index (χ2v) is 5.25. The minimum absolute atomic E-state index is 0.0758. The number of rotatable bonds is 3. The molecule has 2 atom stereocenters.